The van der Waals surface area contributed by atoms with Gasteiger partial charge >= 0.3 is 6.09 Å². The van der Waals surface area contributed by atoms with Crippen LogP contribution in [-0.2, 0) is 38.7 Å². The van der Waals surface area contributed by atoms with E-state index in [1.807, 2.05) is 54.6 Å². The molecule has 0 saturated carbocycles. The molecule has 0 heterocycles. The topological polar surface area (TPSA) is 140 Å². The van der Waals surface area contributed by atoms with Crippen LogP contribution < -0.4 is 16.5 Å². The van der Waals surface area contributed by atoms with Crippen LogP contribution in [0, 0.1) is 0 Å². The van der Waals surface area contributed by atoms with E-state index in [-0.39, 0.29) is 13.1 Å². The number of carbonyl (C=O) groups excluding carboxylic acids is 2. The number of benzene rings is 2. The molecule has 0 unspecified atom stereocenters. The van der Waals surface area contributed by atoms with Crippen LogP contribution in [0.2, 0.25) is 0 Å². The van der Waals surface area contributed by atoms with Gasteiger partial charge in [-0.05, 0) is 50.3 Å². The molecular weight excluding hydrogens is 426 g/mol. The van der Waals surface area contributed by atoms with Gasteiger partial charge in [0.15, 0.2) is 0 Å². The van der Waals surface area contributed by atoms with Gasteiger partial charge in [0.2, 0.25) is 0 Å². The normalized spacial score (nSPS) is 11.4. The summed E-state index contributed by atoms with van der Waals surface area (Å²) >= 11 is 0. The van der Waals surface area contributed by atoms with Crippen LogP contribution in [0.25, 0.3) is 0 Å². The van der Waals surface area contributed by atoms with E-state index in [4.69, 9.17) is 25.2 Å². The number of amides is 2. The van der Waals surface area contributed by atoms with Gasteiger partial charge in [0, 0.05) is 6.54 Å². The average molecular weight is 460 g/mol. The fourth-order valence-electron chi connectivity index (χ4n) is 2.71. The highest BCUT2D eigenvalue weighted by atomic mass is 16.7. The Morgan fingerprint density at radius 2 is 1.61 bits per heavy atom. The van der Waals surface area contributed by atoms with Gasteiger partial charge in [0.25, 0.3) is 12.4 Å². The maximum atomic E-state index is 12.6. The van der Waals surface area contributed by atoms with Gasteiger partial charge in [-0.15, -0.1) is 0 Å². The lowest BCUT2D eigenvalue weighted by Gasteiger charge is -2.23. The lowest BCUT2D eigenvalue weighted by atomic mass is 10.1. The summed E-state index contributed by atoms with van der Waals surface area (Å²) in [5, 5.41) is 9.53. The minimum Gasteiger partial charge on any atom is -0.483 e. The van der Waals surface area contributed by atoms with Gasteiger partial charge in [-0.3, -0.25) is 14.4 Å². The number of nitrogens with two attached hydrogens (primary N) is 1. The molecule has 0 radical (unpaired) electrons. The fraction of sp³-hybridized carbons (Fsp3) is 0.375. The Morgan fingerprint density at radius 3 is 2.15 bits per heavy atom. The molecule has 0 bridgehead atoms. The van der Waals surface area contributed by atoms with E-state index in [9.17, 15) is 9.59 Å². The number of carbonyl (C=O) groups is 3. The summed E-state index contributed by atoms with van der Waals surface area (Å²) in [6.07, 6.45) is 0.381. The van der Waals surface area contributed by atoms with E-state index in [1.54, 1.807) is 20.8 Å². The Hall–Kier alpha value is -3.43. The predicted octanol–water partition coefficient (Wildman–Crippen LogP) is 2.92. The minimum absolute atomic E-state index is 0.203. The third-order valence-electron chi connectivity index (χ3n) is 4.24. The van der Waals surface area contributed by atoms with Crippen molar-refractivity contribution >= 4 is 18.5 Å². The number of rotatable bonds is 9. The van der Waals surface area contributed by atoms with Crippen molar-refractivity contribution in [2.45, 2.75) is 58.4 Å². The summed E-state index contributed by atoms with van der Waals surface area (Å²) in [5.74, 6) is -0.435. The fourth-order valence-corrected chi connectivity index (χ4v) is 2.71. The summed E-state index contributed by atoms with van der Waals surface area (Å²) in [5.41, 5.74) is 10.3. The smallest absolute Gasteiger partial charge is 0.408 e. The largest absolute Gasteiger partial charge is 0.483 e. The van der Waals surface area contributed by atoms with Crippen LogP contribution in [0.5, 0.6) is 0 Å². The Balaban J connectivity index is 0.00000172. The van der Waals surface area contributed by atoms with Crippen LogP contribution in [0.3, 0.4) is 0 Å². The van der Waals surface area contributed by atoms with Crippen molar-refractivity contribution in [1.82, 2.24) is 10.8 Å². The molecule has 180 valence electrons. The van der Waals surface area contributed by atoms with Crippen molar-refractivity contribution < 1.29 is 29.1 Å². The SMILES string of the molecule is CC(C)(C)OC(=O)N[C@@H](CCc1ccccc1)C(=O)NOCc1ccc(CN)cc1.O=CO. The summed E-state index contributed by atoms with van der Waals surface area (Å²) < 4.78 is 5.28. The molecule has 2 aromatic rings. The van der Waals surface area contributed by atoms with E-state index in [0.29, 0.717) is 19.4 Å². The Kier molecular flexibility index (Phi) is 12.2. The number of aryl methyl sites for hydroxylation is 1. The second-order valence-corrected chi connectivity index (χ2v) is 8.10. The summed E-state index contributed by atoms with van der Waals surface area (Å²) in [6.45, 7) is 5.73. The highest BCUT2D eigenvalue weighted by molar-refractivity contribution is 5.84. The molecule has 0 spiro atoms. The van der Waals surface area contributed by atoms with Gasteiger partial charge in [0.05, 0.1) is 6.61 Å². The molecule has 1 atom stereocenters. The molecule has 2 rings (SSSR count). The quantitative estimate of drug-likeness (QED) is 0.334. The van der Waals surface area contributed by atoms with Crippen molar-refractivity contribution in [2.24, 2.45) is 5.73 Å². The maximum absolute atomic E-state index is 12.6. The molecule has 0 fully saturated rings. The second kappa shape index (κ2) is 14.6. The van der Waals surface area contributed by atoms with Gasteiger partial charge in [-0.1, -0.05) is 54.6 Å². The molecule has 0 aliphatic rings. The molecule has 0 saturated heterocycles. The summed E-state index contributed by atoms with van der Waals surface area (Å²) in [6, 6.07) is 16.6. The summed E-state index contributed by atoms with van der Waals surface area (Å²) in [7, 11) is 0. The first-order valence-electron chi connectivity index (χ1n) is 10.5. The third kappa shape index (κ3) is 12.3. The number of nitrogens with one attached hydrogen (secondary N) is 2. The first kappa shape index (κ1) is 27.6. The van der Waals surface area contributed by atoms with Crippen LogP contribution in [0.4, 0.5) is 4.79 Å². The molecule has 2 aromatic carbocycles. The van der Waals surface area contributed by atoms with Gasteiger partial charge in [-0.2, -0.15) is 0 Å². The van der Waals surface area contributed by atoms with Gasteiger partial charge in [0.1, 0.15) is 11.6 Å². The molecule has 33 heavy (non-hydrogen) atoms. The number of hydrogen-bond donors (Lipinski definition) is 4. The third-order valence-corrected chi connectivity index (χ3v) is 4.24. The van der Waals surface area contributed by atoms with Crippen LogP contribution >= 0.6 is 0 Å². The number of hydrogen-bond acceptors (Lipinski definition) is 6. The van der Waals surface area contributed by atoms with E-state index in [0.717, 1.165) is 16.7 Å². The van der Waals surface area contributed by atoms with E-state index >= 15 is 0 Å². The van der Waals surface area contributed by atoms with Crippen LogP contribution in [0.15, 0.2) is 54.6 Å². The van der Waals surface area contributed by atoms with Crippen molar-refractivity contribution in [2.75, 3.05) is 0 Å². The first-order chi connectivity index (χ1) is 15.7. The zero-order chi connectivity index (χ0) is 24.7. The number of hydroxylamine groups is 1. The Bertz CT molecular complexity index is 851. The predicted molar refractivity (Wildman–Crippen MR) is 124 cm³/mol. The molecular formula is C24H33N3O6. The number of carboxylic acid groups (broad SMARTS) is 1. The number of alkyl carbamates (subject to hydrolysis) is 1. The van der Waals surface area contributed by atoms with Crippen LogP contribution in [0.1, 0.15) is 43.9 Å². The van der Waals surface area contributed by atoms with E-state index < -0.39 is 23.6 Å². The minimum atomic E-state index is -0.792. The van der Waals surface area contributed by atoms with E-state index in [1.165, 1.54) is 0 Å². The Morgan fingerprint density at radius 1 is 1.03 bits per heavy atom. The summed E-state index contributed by atoms with van der Waals surface area (Å²) in [4.78, 5) is 38.5. The maximum Gasteiger partial charge on any atom is 0.408 e. The van der Waals surface area contributed by atoms with Crippen molar-refractivity contribution in [3.8, 4) is 0 Å². The van der Waals surface area contributed by atoms with Crippen molar-refractivity contribution in [3.63, 3.8) is 0 Å². The second-order valence-electron chi connectivity index (χ2n) is 8.10. The molecule has 9 nitrogen and oxygen atoms in total. The monoisotopic (exact) mass is 459 g/mol. The zero-order valence-corrected chi connectivity index (χ0v) is 19.2. The highest BCUT2D eigenvalue weighted by Gasteiger charge is 2.24. The van der Waals surface area contributed by atoms with Crippen molar-refractivity contribution in [1.29, 1.82) is 0 Å². The Labute approximate surface area is 194 Å². The van der Waals surface area contributed by atoms with Crippen molar-refractivity contribution in [3.05, 3.63) is 71.3 Å². The lowest BCUT2D eigenvalue weighted by Crippen LogP contribution is -2.48. The van der Waals surface area contributed by atoms with Crippen LogP contribution in [-0.4, -0.2) is 35.2 Å². The van der Waals surface area contributed by atoms with Gasteiger partial charge in [-0.25, -0.2) is 10.3 Å². The zero-order valence-electron chi connectivity index (χ0n) is 19.2. The molecule has 0 aromatic heterocycles. The lowest BCUT2D eigenvalue weighted by molar-refractivity contribution is -0.137. The molecule has 2 amide bonds. The molecule has 0 aliphatic heterocycles. The first-order valence-corrected chi connectivity index (χ1v) is 10.5. The highest BCUT2D eigenvalue weighted by Crippen LogP contribution is 2.10. The molecule has 9 heteroatoms. The standard InChI is InChI=1S/C23H31N3O4.CH2O2/c1-23(2,3)30-22(28)25-20(14-13-17-7-5-4-6-8-17)21(27)26-29-16-19-11-9-18(15-24)10-12-19;2-1-3/h4-12,20H,13-16,24H2,1-3H3,(H,25,28)(H,26,27);1H,(H,2,3)/t20-;/m0./s1. The molecule has 0 aliphatic carbocycles. The number of ether oxygens (including phenoxy) is 1. The van der Waals surface area contributed by atoms with Gasteiger partial charge < -0.3 is 20.9 Å². The molecule has 5 N–H and O–H groups in total. The van der Waals surface area contributed by atoms with E-state index in [2.05, 4.69) is 10.8 Å². The average Bonchev–Trinajstić information content (AvgIpc) is 2.77.